The van der Waals surface area contributed by atoms with Crippen molar-refractivity contribution in [2.24, 2.45) is 16.8 Å². The molecule has 0 aromatic carbocycles. The van der Waals surface area contributed by atoms with Crippen LogP contribution in [0.2, 0.25) is 0 Å². The maximum absolute atomic E-state index is 9.24. The number of nitrogens with zero attached hydrogens (tertiary/aromatic N) is 2. The summed E-state index contributed by atoms with van der Waals surface area (Å²) in [5, 5.41) is 18.3. The van der Waals surface area contributed by atoms with E-state index in [1.165, 1.54) is 24.3 Å². The zero-order chi connectivity index (χ0) is 19.3. The molecule has 1 fully saturated rings. The molecule has 0 aliphatic carbocycles. The number of guanidine groups is 1. The number of hydrogen-bond acceptors (Lipinski definition) is 4. The molecular weight excluding hydrogens is 356 g/mol. The SMILES string of the molecule is CCCC(CCO)CN=C(NCC)NCC1CCCN(Cc2cccs2)C1. The fourth-order valence-electron chi connectivity index (χ4n) is 3.81. The molecule has 0 amide bonds. The fraction of sp³-hybridized carbons (Fsp3) is 0.762. The van der Waals surface area contributed by atoms with Gasteiger partial charge in [-0.05, 0) is 62.4 Å². The van der Waals surface area contributed by atoms with Gasteiger partial charge in [-0.3, -0.25) is 9.89 Å². The van der Waals surface area contributed by atoms with Gasteiger partial charge in [0.05, 0.1) is 0 Å². The van der Waals surface area contributed by atoms with Crippen molar-refractivity contribution in [3.05, 3.63) is 22.4 Å². The molecule has 5 nitrogen and oxygen atoms in total. The second-order valence-electron chi connectivity index (χ2n) is 7.59. The Morgan fingerprint density at radius 3 is 2.96 bits per heavy atom. The van der Waals surface area contributed by atoms with Crippen molar-refractivity contribution in [2.45, 2.75) is 52.5 Å². The van der Waals surface area contributed by atoms with Gasteiger partial charge in [0.1, 0.15) is 0 Å². The van der Waals surface area contributed by atoms with Crippen LogP contribution < -0.4 is 10.6 Å². The molecule has 0 radical (unpaired) electrons. The Morgan fingerprint density at radius 1 is 1.37 bits per heavy atom. The number of nitrogens with one attached hydrogen (secondary N) is 2. The van der Waals surface area contributed by atoms with E-state index in [-0.39, 0.29) is 6.61 Å². The lowest BCUT2D eigenvalue weighted by molar-refractivity contribution is 0.169. The van der Waals surface area contributed by atoms with Gasteiger partial charge >= 0.3 is 0 Å². The molecule has 0 saturated carbocycles. The Labute approximate surface area is 169 Å². The smallest absolute Gasteiger partial charge is 0.191 e. The maximum Gasteiger partial charge on any atom is 0.191 e. The summed E-state index contributed by atoms with van der Waals surface area (Å²) in [4.78, 5) is 8.84. The number of hydrogen-bond donors (Lipinski definition) is 3. The Bertz CT molecular complexity index is 514. The van der Waals surface area contributed by atoms with Gasteiger partial charge in [-0.1, -0.05) is 19.4 Å². The zero-order valence-corrected chi connectivity index (χ0v) is 17.9. The first-order chi connectivity index (χ1) is 13.2. The van der Waals surface area contributed by atoms with Crippen molar-refractivity contribution < 1.29 is 5.11 Å². The highest BCUT2D eigenvalue weighted by Crippen LogP contribution is 2.20. The summed E-state index contributed by atoms with van der Waals surface area (Å²) in [6.45, 7) is 10.7. The van der Waals surface area contributed by atoms with E-state index in [4.69, 9.17) is 4.99 Å². The van der Waals surface area contributed by atoms with E-state index in [1.54, 1.807) is 0 Å². The molecule has 6 heteroatoms. The molecule has 1 aromatic heterocycles. The van der Waals surface area contributed by atoms with E-state index in [2.05, 4.69) is 46.9 Å². The number of aliphatic hydroxyl groups excluding tert-OH is 1. The average molecular weight is 395 g/mol. The third kappa shape index (κ3) is 8.62. The van der Waals surface area contributed by atoms with E-state index in [1.807, 2.05) is 11.3 Å². The minimum absolute atomic E-state index is 0.256. The summed E-state index contributed by atoms with van der Waals surface area (Å²) in [6, 6.07) is 4.38. The van der Waals surface area contributed by atoms with Gasteiger partial charge in [-0.15, -0.1) is 11.3 Å². The lowest BCUT2D eigenvalue weighted by Crippen LogP contribution is -2.44. The summed E-state index contributed by atoms with van der Waals surface area (Å²) < 4.78 is 0. The summed E-state index contributed by atoms with van der Waals surface area (Å²) in [7, 11) is 0. The Hall–Kier alpha value is -1.11. The first-order valence-corrected chi connectivity index (χ1v) is 11.5. The Balaban J connectivity index is 1.80. The highest BCUT2D eigenvalue weighted by Gasteiger charge is 2.20. The number of piperidine rings is 1. The van der Waals surface area contributed by atoms with Crippen LogP contribution in [0.5, 0.6) is 0 Å². The molecule has 1 aromatic rings. The van der Waals surface area contributed by atoms with Crippen LogP contribution in [0.25, 0.3) is 0 Å². The highest BCUT2D eigenvalue weighted by atomic mass is 32.1. The van der Waals surface area contributed by atoms with Crippen LogP contribution in [0, 0.1) is 11.8 Å². The molecule has 1 aliphatic heterocycles. The predicted octanol–water partition coefficient (Wildman–Crippen LogP) is 3.31. The molecule has 0 bridgehead atoms. The quantitative estimate of drug-likeness (QED) is 0.398. The van der Waals surface area contributed by atoms with Crippen LogP contribution in [0.4, 0.5) is 0 Å². The van der Waals surface area contributed by atoms with E-state index in [0.29, 0.717) is 11.8 Å². The van der Waals surface area contributed by atoms with Gasteiger partial charge in [-0.2, -0.15) is 0 Å². The molecule has 0 spiro atoms. The standard InChI is InChI=1S/C21H38N4OS/c1-3-7-18(10-12-26)14-23-21(22-4-2)24-15-19-8-5-11-25(16-19)17-20-9-6-13-27-20/h6,9,13,18-19,26H,3-5,7-8,10-12,14-17H2,1-2H3,(H2,22,23,24). The normalized spacial score (nSPS) is 19.8. The molecule has 2 heterocycles. The first-order valence-electron chi connectivity index (χ1n) is 10.6. The van der Waals surface area contributed by atoms with Crippen LogP contribution in [-0.4, -0.2) is 55.3 Å². The minimum Gasteiger partial charge on any atom is -0.396 e. The van der Waals surface area contributed by atoms with Gasteiger partial charge < -0.3 is 15.7 Å². The van der Waals surface area contributed by atoms with Gasteiger partial charge in [0, 0.05) is 44.2 Å². The minimum atomic E-state index is 0.256. The molecule has 2 atom stereocenters. The largest absolute Gasteiger partial charge is 0.396 e. The monoisotopic (exact) mass is 394 g/mol. The van der Waals surface area contributed by atoms with E-state index in [9.17, 15) is 5.11 Å². The summed E-state index contributed by atoms with van der Waals surface area (Å²) in [5.74, 6) is 2.07. The van der Waals surface area contributed by atoms with Crippen molar-refractivity contribution in [2.75, 3.05) is 39.3 Å². The molecular formula is C21H38N4OS. The average Bonchev–Trinajstić information content (AvgIpc) is 3.17. The van der Waals surface area contributed by atoms with E-state index in [0.717, 1.165) is 57.9 Å². The van der Waals surface area contributed by atoms with Crippen LogP contribution >= 0.6 is 11.3 Å². The molecule has 154 valence electrons. The lowest BCUT2D eigenvalue weighted by atomic mass is 9.98. The number of aliphatic hydroxyl groups is 1. The number of likely N-dealkylation sites (tertiary alicyclic amines) is 1. The second kappa shape index (κ2) is 13.1. The highest BCUT2D eigenvalue weighted by molar-refractivity contribution is 7.09. The van der Waals surface area contributed by atoms with Crippen molar-refractivity contribution in [3.63, 3.8) is 0 Å². The van der Waals surface area contributed by atoms with E-state index >= 15 is 0 Å². The van der Waals surface area contributed by atoms with Crippen molar-refractivity contribution in [1.82, 2.24) is 15.5 Å². The Morgan fingerprint density at radius 2 is 2.26 bits per heavy atom. The lowest BCUT2D eigenvalue weighted by Gasteiger charge is -2.32. The summed E-state index contributed by atoms with van der Waals surface area (Å²) >= 11 is 1.86. The molecule has 2 rings (SSSR count). The number of rotatable bonds is 11. The van der Waals surface area contributed by atoms with Crippen molar-refractivity contribution in [1.29, 1.82) is 0 Å². The van der Waals surface area contributed by atoms with Crippen molar-refractivity contribution >= 4 is 17.3 Å². The molecule has 1 aliphatic rings. The Kier molecular flexibility index (Phi) is 10.8. The number of thiophene rings is 1. The van der Waals surface area contributed by atoms with Gasteiger partial charge in [0.2, 0.25) is 0 Å². The van der Waals surface area contributed by atoms with Gasteiger partial charge in [0.15, 0.2) is 5.96 Å². The van der Waals surface area contributed by atoms with Gasteiger partial charge in [0.25, 0.3) is 0 Å². The summed E-state index contributed by atoms with van der Waals surface area (Å²) in [5.41, 5.74) is 0. The molecule has 3 N–H and O–H groups in total. The zero-order valence-electron chi connectivity index (χ0n) is 17.1. The van der Waals surface area contributed by atoms with Crippen LogP contribution in [-0.2, 0) is 6.54 Å². The van der Waals surface area contributed by atoms with Crippen LogP contribution in [0.3, 0.4) is 0 Å². The molecule has 27 heavy (non-hydrogen) atoms. The van der Waals surface area contributed by atoms with Gasteiger partial charge in [-0.25, -0.2) is 0 Å². The molecule has 1 saturated heterocycles. The first kappa shape index (κ1) is 22.2. The van der Waals surface area contributed by atoms with E-state index < -0.39 is 0 Å². The van der Waals surface area contributed by atoms with Crippen LogP contribution in [0.1, 0.15) is 50.8 Å². The topological polar surface area (TPSA) is 59.9 Å². The summed E-state index contributed by atoms with van der Waals surface area (Å²) in [6.07, 6.45) is 5.68. The fourth-order valence-corrected chi connectivity index (χ4v) is 4.55. The second-order valence-corrected chi connectivity index (χ2v) is 8.62. The maximum atomic E-state index is 9.24. The van der Waals surface area contributed by atoms with Crippen molar-refractivity contribution in [3.8, 4) is 0 Å². The third-order valence-electron chi connectivity index (χ3n) is 5.21. The molecule has 2 unspecified atom stereocenters. The third-order valence-corrected chi connectivity index (χ3v) is 6.07. The number of aliphatic imine (C=N–C) groups is 1. The predicted molar refractivity (Wildman–Crippen MR) is 116 cm³/mol. The van der Waals surface area contributed by atoms with Crippen LogP contribution in [0.15, 0.2) is 22.5 Å².